The van der Waals surface area contributed by atoms with Crippen LogP contribution in [0.1, 0.15) is 48.5 Å². The molecule has 3 aromatic rings. The second-order valence-electron chi connectivity index (χ2n) is 7.93. The molecule has 2 heterocycles. The van der Waals surface area contributed by atoms with E-state index in [2.05, 4.69) is 48.4 Å². The van der Waals surface area contributed by atoms with Crippen molar-refractivity contribution in [1.29, 1.82) is 0 Å². The Labute approximate surface area is 166 Å². The number of likely N-dealkylation sites (tertiary alicyclic amines) is 1. The van der Waals surface area contributed by atoms with E-state index in [4.69, 9.17) is 0 Å². The summed E-state index contributed by atoms with van der Waals surface area (Å²) in [6, 6.07) is 18.8. The number of carbonyl (C=O) groups is 1. The van der Waals surface area contributed by atoms with Crippen molar-refractivity contribution in [3.8, 4) is 0 Å². The van der Waals surface area contributed by atoms with Crippen molar-refractivity contribution in [2.75, 3.05) is 18.4 Å². The molecule has 28 heavy (non-hydrogen) atoms. The number of para-hydroxylation sites is 1. The third kappa shape index (κ3) is 4.01. The first-order chi connectivity index (χ1) is 13.6. The molecular formula is C24H27N3O. The summed E-state index contributed by atoms with van der Waals surface area (Å²) in [5.74, 6) is 0.604. The Morgan fingerprint density at radius 1 is 1.14 bits per heavy atom. The van der Waals surface area contributed by atoms with Gasteiger partial charge in [0.2, 0.25) is 0 Å². The Bertz CT molecular complexity index is 965. The molecule has 0 unspecified atom stereocenters. The molecule has 1 aliphatic rings. The number of amides is 1. The molecule has 0 saturated carbocycles. The molecule has 0 radical (unpaired) electrons. The van der Waals surface area contributed by atoms with E-state index in [0.717, 1.165) is 42.5 Å². The second-order valence-corrected chi connectivity index (χ2v) is 7.93. The molecule has 1 aliphatic heterocycles. The van der Waals surface area contributed by atoms with Gasteiger partial charge in [-0.2, -0.15) is 0 Å². The van der Waals surface area contributed by atoms with E-state index in [1.165, 1.54) is 5.56 Å². The van der Waals surface area contributed by atoms with Crippen LogP contribution in [0.5, 0.6) is 0 Å². The number of aromatic nitrogens is 1. The van der Waals surface area contributed by atoms with Gasteiger partial charge in [-0.05, 0) is 48.6 Å². The Morgan fingerprint density at radius 2 is 1.93 bits per heavy atom. The van der Waals surface area contributed by atoms with Crippen LogP contribution < -0.4 is 5.32 Å². The van der Waals surface area contributed by atoms with Gasteiger partial charge in [0.25, 0.3) is 5.91 Å². The highest BCUT2D eigenvalue weighted by Gasteiger charge is 2.24. The van der Waals surface area contributed by atoms with Crippen molar-refractivity contribution in [1.82, 2.24) is 9.88 Å². The number of benzene rings is 2. The highest BCUT2D eigenvalue weighted by Crippen LogP contribution is 2.21. The SMILES string of the molecule is CC(C)c1ccc(N[C@@H]2CCCN(C(=O)c3cnc4ccccc4c3)C2)cc1. The predicted octanol–water partition coefficient (Wildman–Crippen LogP) is 5.07. The average Bonchev–Trinajstić information content (AvgIpc) is 2.73. The van der Waals surface area contributed by atoms with Crippen LogP contribution in [0.15, 0.2) is 60.8 Å². The topological polar surface area (TPSA) is 45.2 Å². The molecule has 1 saturated heterocycles. The van der Waals surface area contributed by atoms with Gasteiger partial charge in [-0.1, -0.05) is 44.2 Å². The number of carbonyl (C=O) groups excluding carboxylic acids is 1. The first-order valence-electron chi connectivity index (χ1n) is 10.1. The molecule has 1 fully saturated rings. The molecular weight excluding hydrogens is 346 g/mol. The monoisotopic (exact) mass is 373 g/mol. The highest BCUT2D eigenvalue weighted by atomic mass is 16.2. The number of hydrogen-bond donors (Lipinski definition) is 1. The smallest absolute Gasteiger partial charge is 0.255 e. The van der Waals surface area contributed by atoms with E-state index in [9.17, 15) is 4.79 Å². The summed E-state index contributed by atoms with van der Waals surface area (Å²) in [6.45, 7) is 5.93. The zero-order valence-corrected chi connectivity index (χ0v) is 16.6. The van der Waals surface area contributed by atoms with Gasteiger partial charge < -0.3 is 10.2 Å². The molecule has 2 aromatic carbocycles. The van der Waals surface area contributed by atoms with Crippen LogP contribution in [0.3, 0.4) is 0 Å². The summed E-state index contributed by atoms with van der Waals surface area (Å²) in [5, 5.41) is 4.61. The first kappa shape index (κ1) is 18.5. The number of hydrogen-bond acceptors (Lipinski definition) is 3. The van der Waals surface area contributed by atoms with Crippen LogP contribution >= 0.6 is 0 Å². The van der Waals surface area contributed by atoms with E-state index in [-0.39, 0.29) is 11.9 Å². The van der Waals surface area contributed by atoms with E-state index in [1.807, 2.05) is 35.2 Å². The summed E-state index contributed by atoms with van der Waals surface area (Å²) in [6.07, 6.45) is 3.78. The Balaban J connectivity index is 1.44. The molecule has 1 aromatic heterocycles. The minimum Gasteiger partial charge on any atom is -0.381 e. The zero-order valence-electron chi connectivity index (χ0n) is 16.6. The van der Waals surface area contributed by atoms with Crippen molar-refractivity contribution in [3.05, 3.63) is 71.9 Å². The zero-order chi connectivity index (χ0) is 19.5. The van der Waals surface area contributed by atoms with E-state index in [1.54, 1.807) is 6.20 Å². The van der Waals surface area contributed by atoms with E-state index in [0.29, 0.717) is 11.5 Å². The Kier molecular flexibility index (Phi) is 5.29. The first-order valence-corrected chi connectivity index (χ1v) is 10.1. The second kappa shape index (κ2) is 8.01. The lowest BCUT2D eigenvalue weighted by Crippen LogP contribution is -2.45. The third-order valence-corrected chi connectivity index (χ3v) is 5.49. The van der Waals surface area contributed by atoms with Crippen LogP contribution in [0.2, 0.25) is 0 Å². The molecule has 0 spiro atoms. The van der Waals surface area contributed by atoms with Gasteiger partial charge in [-0.15, -0.1) is 0 Å². The highest BCUT2D eigenvalue weighted by molar-refractivity contribution is 5.97. The number of pyridine rings is 1. The Hall–Kier alpha value is -2.88. The number of nitrogens with zero attached hydrogens (tertiary/aromatic N) is 2. The number of fused-ring (bicyclic) bond motifs is 1. The average molecular weight is 374 g/mol. The maximum absolute atomic E-state index is 13.0. The lowest BCUT2D eigenvalue weighted by atomic mass is 10.0. The Morgan fingerprint density at radius 3 is 2.71 bits per heavy atom. The number of rotatable bonds is 4. The molecule has 0 bridgehead atoms. The number of anilines is 1. The summed E-state index contributed by atoms with van der Waals surface area (Å²) in [7, 11) is 0. The van der Waals surface area contributed by atoms with Gasteiger partial charge in [-0.25, -0.2) is 0 Å². The summed E-state index contributed by atoms with van der Waals surface area (Å²) >= 11 is 0. The summed E-state index contributed by atoms with van der Waals surface area (Å²) in [4.78, 5) is 19.4. The van der Waals surface area contributed by atoms with Gasteiger partial charge in [0.1, 0.15) is 0 Å². The van der Waals surface area contributed by atoms with Gasteiger partial charge in [0.15, 0.2) is 0 Å². The molecule has 4 nitrogen and oxygen atoms in total. The molecule has 1 atom stereocenters. The lowest BCUT2D eigenvalue weighted by Gasteiger charge is -2.33. The molecule has 1 N–H and O–H groups in total. The quantitative estimate of drug-likeness (QED) is 0.694. The van der Waals surface area contributed by atoms with Crippen molar-refractivity contribution in [3.63, 3.8) is 0 Å². The fourth-order valence-corrected chi connectivity index (χ4v) is 3.85. The normalized spacial score (nSPS) is 17.1. The maximum atomic E-state index is 13.0. The predicted molar refractivity (Wildman–Crippen MR) is 115 cm³/mol. The van der Waals surface area contributed by atoms with Crippen LogP contribution in [0.25, 0.3) is 10.9 Å². The van der Waals surface area contributed by atoms with Crippen LogP contribution in [0.4, 0.5) is 5.69 Å². The van der Waals surface area contributed by atoms with Crippen molar-refractivity contribution < 1.29 is 4.79 Å². The van der Waals surface area contributed by atoms with Gasteiger partial charge in [-0.3, -0.25) is 9.78 Å². The van der Waals surface area contributed by atoms with Crippen LogP contribution in [-0.2, 0) is 0 Å². The van der Waals surface area contributed by atoms with E-state index < -0.39 is 0 Å². The number of nitrogens with one attached hydrogen (secondary N) is 1. The van der Waals surface area contributed by atoms with Crippen molar-refractivity contribution in [2.45, 2.75) is 38.6 Å². The van der Waals surface area contributed by atoms with Crippen LogP contribution in [0, 0.1) is 0 Å². The van der Waals surface area contributed by atoms with Gasteiger partial charge >= 0.3 is 0 Å². The summed E-state index contributed by atoms with van der Waals surface area (Å²) in [5.41, 5.74) is 4.05. The molecule has 4 rings (SSSR count). The largest absolute Gasteiger partial charge is 0.381 e. The minimum atomic E-state index is 0.0694. The van der Waals surface area contributed by atoms with Crippen molar-refractivity contribution in [2.24, 2.45) is 0 Å². The minimum absolute atomic E-state index is 0.0694. The standard InChI is InChI=1S/C24H27N3O/c1-17(2)18-9-11-21(12-10-18)26-22-7-5-13-27(16-22)24(28)20-14-19-6-3-4-8-23(19)25-15-20/h3-4,6,8-12,14-15,17,22,26H,5,7,13,16H2,1-2H3/t22-/m1/s1. The van der Waals surface area contributed by atoms with Crippen molar-refractivity contribution >= 4 is 22.5 Å². The van der Waals surface area contributed by atoms with E-state index >= 15 is 0 Å². The maximum Gasteiger partial charge on any atom is 0.255 e. The summed E-state index contributed by atoms with van der Waals surface area (Å²) < 4.78 is 0. The fourth-order valence-electron chi connectivity index (χ4n) is 3.85. The van der Waals surface area contributed by atoms with Gasteiger partial charge in [0.05, 0.1) is 11.1 Å². The molecule has 144 valence electrons. The van der Waals surface area contributed by atoms with Gasteiger partial charge in [0, 0.05) is 36.4 Å². The lowest BCUT2D eigenvalue weighted by molar-refractivity contribution is 0.0714. The molecule has 4 heteroatoms. The number of piperidine rings is 1. The molecule has 1 amide bonds. The molecule has 0 aliphatic carbocycles. The third-order valence-electron chi connectivity index (χ3n) is 5.49. The fraction of sp³-hybridized carbons (Fsp3) is 0.333. The van der Waals surface area contributed by atoms with Crippen LogP contribution in [-0.4, -0.2) is 34.9 Å².